The maximum Gasteiger partial charge on any atom is 0.419 e. The minimum Gasteiger partial charge on any atom is -0.386 e. The van der Waals surface area contributed by atoms with Gasteiger partial charge in [0.2, 0.25) is 0 Å². The quantitative estimate of drug-likeness (QED) is 0.849. The minimum absolute atomic E-state index is 0.382. The zero-order valence-electron chi connectivity index (χ0n) is 12.1. The summed E-state index contributed by atoms with van der Waals surface area (Å²) in [6, 6.07) is 8.00. The van der Waals surface area contributed by atoms with E-state index < -0.39 is 29.1 Å². The van der Waals surface area contributed by atoms with Crippen molar-refractivity contribution < 1.29 is 22.7 Å². The van der Waals surface area contributed by atoms with Crippen molar-refractivity contribution in [3.05, 3.63) is 65.2 Å². The van der Waals surface area contributed by atoms with Crippen LogP contribution in [0.25, 0.3) is 0 Å². The largest absolute Gasteiger partial charge is 0.419 e. The molecule has 1 N–H and O–H groups in total. The summed E-state index contributed by atoms with van der Waals surface area (Å²) in [4.78, 5) is 4.11. The van der Waals surface area contributed by atoms with E-state index in [9.17, 15) is 22.7 Å². The first kappa shape index (κ1) is 15.9. The van der Waals surface area contributed by atoms with Gasteiger partial charge in [0.25, 0.3) is 0 Å². The summed E-state index contributed by atoms with van der Waals surface area (Å²) in [7, 11) is 0. The molecule has 1 aliphatic rings. The highest BCUT2D eigenvalue weighted by atomic mass is 19.4. The molecule has 6 heteroatoms. The molecule has 1 aromatic carbocycles. The topological polar surface area (TPSA) is 33.1 Å². The van der Waals surface area contributed by atoms with Crippen LogP contribution in [-0.2, 0) is 11.6 Å². The van der Waals surface area contributed by atoms with Gasteiger partial charge in [-0.2, -0.15) is 13.2 Å². The maximum absolute atomic E-state index is 13.9. The van der Waals surface area contributed by atoms with Crippen LogP contribution in [0.1, 0.15) is 42.2 Å². The summed E-state index contributed by atoms with van der Waals surface area (Å²) in [5.41, 5.74) is -1.25. The number of hydrogen-bond donors (Lipinski definition) is 1. The number of rotatable bonds is 3. The summed E-state index contributed by atoms with van der Waals surface area (Å²) in [5.74, 6) is -1.31. The van der Waals surface area contributed by atoms with Crippen molar-refractivity contribution in [1.82, 2.24) is 4.98 Å². The number of alkyl halides is 3. The molecule has 0 saturated heterocycles. The normalized spacial score (nSPS) is 18.3. The van der Waals surface area contributed by atoms with Crippen molar-refractivity contribution >= 4 is 0 Å². The SMILES string of the molecule is O[C@H](c1ccccn1)C1(c2ccc(C(F)(F)F)c(F)c2)CCC1. The van der Waals surface area contributed by atoms with E-state index in [1.807, 2.05) is 0 Å². The van der Waals surface area contributed by atoms with Crippen LogP contribution >= 0.6 is 0 Å². The van der Waals surface area contributed by atoms with E-state index in [4.69, 9.17) is 0 Å². The van der Waals surface area contributed by atoms with Gasteiger partial charge in [-0.1, -0.05) is 18.6 Å². The van der Waals surface area contributed by atoms with Gasteiger partial charge in [-0.25, -0.2) is 4.39 Å². The van der Waals surface area contributed by atoms with Crippen LogP contribution in [0.2, 0.25) is 0 Å². The lowest BCUT2D eigenvalue weighted by atomic mass is 9.60. The second kappa shape index (κ2) is 5.60. The molecule has 0 spiro atoms. The van der Waals surface area contributed by atoms with E-state index in [1.165, 1.54) is 12.3 Å². The third kappa shape index (κ3) is 2.72. The van der Waals surface area contributed by atoms with E-state index in [1.54, 1.807) is 18.2 Å². The van der Waals surface area contributed by atoms with Crippen LogP contribution in [0.5, 0.6) is 0 Å². The van der Waals surface area contributed by atoms with Gasteiger partial charge in [0, 0.05) is 11.6 Å². The smallest absolute Gasteiger partial charge is 0.386 e. The van der Waals surface area contributed by atoms with Gasteiger partial charge < -0.3 is 5.11 Å². The Morgan fingerprint density at radius 1 is 1.13 bits per heavy atom. The average Bonchev–Trinajstić information content (AvgIpc) is 2.45. The van der Waals surface area contributed by atoms with Gasteiger partial charge in [-0.15, -0.1) is 0 Å². The van der Waals surface area contributed by atoms with E-state index >= 15 is 0 Å². The predicted octanol–water partition coefficient (Wildman–Crippen LogP) is 4.39. The molecule has 0 unspecified atom stereocenters. The third-order valence-corrected chi connectivity index (χ3v) is 4.59. The summed E-state index contributed by atoms with van der Waals surface area (Å²) in [6.07, 6.45) is -2.18. The number of aromatic nitrogens is 1. The number of benzene rings is 1. The Morgan fingerprint density at radius 3 is 2.35 bits per heavy atom. The Bertz CT molecular complexity index is 695. The monoisotopic (exact) mass is 325 g/mol. The molecule has 1 aromatic heterocycles. The van der Waals surface area contributed by atoms with Crippen molar-refractivity contribution in [2.45, 2.75) is 37.0 Å². The second-order valence-electron chi connectivity index (χ2n) is 5.86. The Kier molecular flexibility index (Phi) is 3.88. The molecule has 0 aliphatic heterocycles. The van der Waals surface area contributed by atoms with E-state index in [2.05, 4.69) is 4.98 Å². The minimum atomic E-state index is -4.73. The molecule has 1 saturated carbocycles. The van der Waals surface area contributed by atoms with Crippen molar-refractivity contribution in [3.8, 4) is 0 Å². The number of aliphatic hydroxyl groups is 1. The van der Waals surface area contributed by atoms with Crippen molar-refractivity contribution in [3.63, 3.8) is 0 Å². The van der Waals surface area contributed by atoms with Crippen LogP contribution in [0.4, 0.5) is 17.6 Å². The zero-order valence-corrected chi connectivity index (χ0v) is 12.1. The molecular weight excluding hydrogens is 310 g/mol. The predicted molar refractivity (Wildman–Crippen MR) is 76.1 cm³/mol. The Labute approximate surface area is 130 Å². The van der Waals surface area contributed by atoms with Crippen LogP contribution < -0.4 is 0 Å². The molecular formula is C17H15F4NO. The first-order chi connectivity index (χ1) is 10.8. The van der Waals surface area contributed by atoms with Gasteiger partial charge in [-0.05, 0) is 42.7 Å². The lowest BCUT2D eigenvalue weighted by molar-refractivity contribution is -0.140. The first-order valence-electron chi connectivity index (χ1n) is 7.31. The first-order valence-corrected chi connectivity index (χ1v) is 7.31. The maximum atomic E-state index is 13.9. The summed E-state index contributed by atoms with van der Waals surface area (Å²) in [6.45, 7) is 0. The van der Waals surface area contributed by atoms with Gasteiger partial charge in [0.05, 0.1) is 11.3 Å². The Balaban J connectivity index is 2.00. The average molecular weight is 325 g/mol. The van der Waals surface area contributed by atoms with Crippen LogP contribution in [0.15, 0.2) is 42.6 Å². The Morgan fingerprint density at radius 2 is 1.87 bits per heavy atom. The standard InChI is InChI=1S/C17H15F4NO/c18-13-10-11(5-6-12(13)17(19,20)21)16(7-3-8-16)15(23)14-4-1-2-9-22-14/h1-2,4-6,9-10,15,23H,3,7-8H2/t15-/m1/s1. The fraction of sp³-hybridized carbons (Fsp3) is 0.353. The number of halogens is 4. The molecule has 122 valence electrons. The number of pyridine rings is 1. The van der Waals surface area contributed by atoms with Gasteiger partial charge in [0.1, 0.15) is 11.9 Å². The molecule has 0 radical (unpaired) electrons. The van der Waals surface area contributed by atoms with Crippen LogP contribution in [0, 0.1) is 5.82 Å². The molecule has 1 atom stereocenters. The molecule has 23 heavy (non-hydrogen) atoms. The van der Waals surface area contributed by atoms with Crippen LogP contribution in [0.3, 0.4) is 0 Å². The third-order valence-electron chi connectivity index (χ3n) is 4.59. The molecule has 1 fully saturated rings. The lowest BCUT2D eigenvalue weighted by Gasteiger charge is -2.46. The fourth-order valence-electron chi connectivity index (χ4n) is 3.15. The summed E-state index contributed by atoms with van der Waals surface area (Å²) < 4.78 is 52.0. The molecule has 0 bridgehead atoms. The van der Waals surface area contributed by atoms with Crippen molar-refractivity contribution in [2.75, 3.05) is 0 Å². The van der Waals surface area contributed by atoms with Gasteiger partial charge in [0.15, 0.2) is 0 Å². The van der Waals surface area contributed by atoms with E-state index in [0.29, 0.717) is 24.1 Å². The Hall–Kier alpha value is -1.95. The van der Waals surface area contributed by atoms with Gasteiger partial charge in [-0.3, -0.25) is 4.98 Å². The van der Waals surface area contributed by atoms with E-state index in [0.717, 1.165) is 18.6 Å². The van der Waals surface area contributed by atoms with E-state index in [-0.39, 0.29) is 0 Å². The number of aliphatic hydroxyl groups excluding tert-OH is 1. The number of nitrogens with zero attached hydrogens (tertiary/aromatic N) is 1. The van der Waals surface area contributed by atoms with Crippen LogP contribution in [-0.4, -0.2) is 10.1 Å². The van der Waals surface area contributed by atoms with Gasteiger partial charge >= 0.3 is 6.18 Å². The highest BCUT2D eigenvalue weighted by Gasteiger charge is 2.47. The van der Waals surface area contributed by atoms with Crippen molar-refractivity contribution in [1.29, 1.82) is 0 Å². The molecule has 3 rings (SSSR count). The molecule has 0 amide bonds. The lowest BCUT2D eigenvalue weighted by Crippen LogP contribution is -2.41. The number of hydrogen-bond acceptors (Lipinski definition) is 2. The highest BCUT2D eigenvalue weighted by molar-refractivity contribution is 5.36. The summed E-state index contributed by atoms with van der Waals surface area (Å²) >= 11 is 0. The summed E-state index contributed by atoms with van der Waals surface area (Å²) in [5, 5.41) is 10.7. The molecule has 1 heterocycles. The second-order valence-corrected chi connectivity index (χ2v) is 5.86. The molecule has 2 aromatic rings. The fourth-order valence-corrected chi connectivity index (χ4v) is 3.15. The molecule has 2 nitrogen and oxygen atoms in total. The van der Waals surface area contributed by atoms with Crippen molar-refractivity contribution in [2.24, 2.45) is 0 Å². The molecule has 1 aliphatic carbocycles. The zero-order chi connectivity index (χ0) is 16.7. The highest BCUT2D eigenvalue weighted by Crippen LogP contribution is 2.52.